The minimum atomic E-state index is -0.293. The number of piperazine rings is 1. The van der Waals surface area contributed by atoms with E-state index in [2.05, 4.69) is 9.88 Å². The molecular weight excluding hydrogens is 380 g/mol. The Morgan fingerprint density at radius 1 is 1.10 bits per heavy atom. The summed E-state index contributed by atoms with van der Waals surface area (Å²) in [4.78, 5) is 35.8. The van der Waals surface area contributed by atoms with E-state index in [0.29, 0.717) is 32.0 Å². The normalized spacial score (nSPS) is 19.9. The highest BCUT2D eigenvalue weighted by Crippen LogP contribution is 2.33. The summed E-state index contributed by atoms with van der Waals surface area (Å²) < 4.78 is 5.67. The maximum absolute atomic E-state index is 13.1. The van der Waals surface area contributed by atoms with Gasteiger partial charge in [-0.15, -0.1) is 0 Å². The molecule has 0 unspecified atom stereocenters. The fraction of sp³-hybridized carbons (Fsp3) is 0.435. The Labute approximate surface area is 177 Å². The molecule has 2 amide bonds. The highest BCUT2D eigenvalue weighted by Gasteiger charge is 2.38. The average Bonchev–Trinajstić information content (AvgIpc) is 3.16. The lowest BCUT2D eigenvalue weighted by Crippen LogP contribution is -2.50. The van der Waals surface area contributed by atoms with Gasteiger partial charge in [-0.25, -0.2) is 0 Å². The third-order valence-corrected chi connectivity index (χ3v) is 5.77. The van der Waals surface area contributed by atoms with Crippen molar-refractivity contribution in [1.29, 1.82) is 0 Å². The van der Waals surface area contributed by atoms with Crippen LogP contribution in [0.25, 0.3) is 0 Å². The van der Waals surface area contributed by atoms with Crippen LogP contribution >= 0.6 is 0 Å². The van der Waals surface area contributed by atoms with Gasteiger partial charge in [0, 0.05) is 58.1 Å². The van der Waals surface area contributed by atoms with Crippen LogP contribution in [0.5, 0.6) is 5.75 Å². The van der Waals surface area contributed by atoms with Gasteiger partial charge in [0.1, 0.15) is 5.75 Å². The highest BCUT2D eigenvalue weighted by atomic mass is 16.5. The van der Waals surface area contributed by atoms with E-state index in [9.17, 15) is 9.59 Å². The van der Waals surface area contributed by atoms with Gasteiger partial charge in [0.25, 0.3) is 0 Å². The molecule has 1 aromatic heterocycles. The molecule has 3 heterocycles. The third-order valence-electron chi connectivity index (χ3n) is 5.77. The Balaban J connectivity index is 1.34. The van der Waals surface area contributed by atoms with Crippen LogP contribution in [0.1, 0.15) is 18.9 Å². The predicted molar refractivity (Wildman–Crippen MR) is 114 cm³/mol. The SMILES string of the molecule is CCOc1ccccc1N1C[C@H](C(=O)N2CCN(Cc3ccncc3)CC2)CC1=O. The van der Waals surface area contributed by atoms with E-state index >= 15 is 0 Å². The molecule has 30 heavy (non-hydrogen) atoms. The fourth-order valence-corrected chi connectivity index (χ4v) is 4.19. The summed E-state index contributed by atoms with van der Waals surface area (Å²) in [6.07, 6.45) is 3.87. The first-order chi connectivity index (χ1) is 14.7. The zero-order valence-corrected chi connectivity index (χ0v) is 17.4. The van der Waals surface area contributed by atoms with Gasteiger partial charge in [-0.1, -0.05) is 12.1 Å². The molecule has 0 N–H and O–H groups in total. The molecule has 0 spiro atoms. The highest BCUT2D eigenvalue weighted by molar-refractivity contribution is 6.01. The lowest BCUT2D eigenvalue weighted by atomic mass is 10.1. The maximum Gasteiger partial charge on any atom is 0.228 e. The molecule has 2 saturated heterocycles. The molecule has 4 rings (SSSR count). The van der Waals surface area contributed by atoms with Crippen LogP contribution in [0.4, 0.5) is 5.69 Å². The summed E-state index contributed by atoms with van der Waals surface area (Å²) in [5, 5.41) is 0. The van der Waals surface area contributed by atoms with Gasteiger partial charge in [0.15, 0.2) is 0 Å². The van der Waals surface area contributed by atoms with E-state index in [-0.39, 0.29) is 24.2 Å². The molecule has 0 bridgehead atoms. The molecule has 2 aliphatic rings. The first-order valence-electron chi connectivity index (χ1n) is 10.6. The standard InChI is InChI=1S/C23H28N4O3/c1-2-30-21-6-4-3-5-20(21)27-17-19(15-22(27)28)23(29)26-13-11-25(12-14-26)16-18-7-9-24-10-8-18/h3-10,19H,2,11-17H2,1H3/t19-/m1/s1. The number of rotatable bonds is 6. The Morgan fingerprint density at radius 2 is 1.83 bits per heavy atom. The van der Waals surface area contributed by atoms with Crippen molar-refractivity contribution in [1.82, 2.24) is 14.8 Å². The molecular formula is C23H28N4O3. The lowest BCUT2D eigenvalue weighted by Gasteiger charge is -2.35. The molecule has 7 heteroatoms. The van der Waals surface area contributed by atoms with Crippen molar-refractivity contribution in [3.05, 3.63) is 54.4 Å². The number of anilines is 1. The van der Waals surface area contributed by atoms with Crippen LogP contribution in [0.15, 0.2) is 48.8 Å². The number of ether oxygens (including phenoxy) is 1. The number of carbonyl (C=O) groups excluding carboxylic acids is 2. The van der Waals surface area contributed by atoms with E-state index in [4.69, 9.17) is 4.74 Å². The third kappa shape index (κ3) is 4.46. The number of pyridine rings is 1. The fourth-order valence-electron chi connectivity index (χ4n) is 4.19. The van der Waals surface area contributed by atoms with Gasteiger partial charge < -0.3 is 14.5 Å². The van der Waals surface area contributed by atoms with Crippen LogP contribution in [-0.2, 0) is 16.1 Å². The second-order valence-electron chi connectivity index (χ2n) is 7.76. The average molecular weight is 409 g/mol. The van der Waals surface area contributed by atoms with Crippen LogP contribution in [-0.4, -0.2) is 65.9 Å². The number of aromatic nitrogens is 1. The summed E-state index contributed by atoms with van der Waals surface area (Å²) in [5.74, 6) is 0.463. The van der Waals surface area contributed by atoms with Crippen LogP contribution in [0.3, 0.4) is 0 Å². The van der Waals surface area contributed by atoms with Crippen molar-refractivity contribution in [2.24, 2.45) is 5.92 Å². The Bertz CT molecular complexity index is 881. The van der Waals surface area contributed by atoms with Crippen LogP contribution in [0.2, 0.25) is 0 Å². The lowest BCUT2D eigenvalue weighted by molar-refractivity contribution is -0.137. The van der Waals surface area contributed by atoms with Crippen molar-refractivity contribution in [2.45, 2.75) is 19.9 Å². The van der Waals surface area contributed by atoms with Gasteiger partial charge in [0.05, 0.1) is 18.2 Å². The Morgan fingerprint density at radius 3 is 2.57 bits per heavy atom. The molecule has 0 aliphatic carbocycles. The number of para-hydroxylation sites is 2. The Hall–Kier alpha value is -2.93. The minimum absolute atomic E-state index is 0.0168. The molecule has 2 fully saturated rings. The molecule has 0 radical (unpaired) electrons. The molecule has 2 aliphatic heterocycles. The summed E-state index contributed by atoms with van der Waals surface area (Å²) in [6.45, 7) is 6.81. The molecule has 2 aromatic rings. The summed E-state index contributed by atoms with van der Waals surface area (Å²) >= 11 is 0. The van der Waals surface area contributed by atoms with E-state index in [1.165, 1.54) is 5.56 Å². The van der Waals surface area contributed by atoms with Gasteiger partial charge in [-0.05, 0) is 36.8 Å². The van der Waals surface area contributed by atoms with Crippen molar-refractivity contribution in [2.75, 3.05) is 44.2 Å². The van der Waals surface area contributed by atoms with E-state index in [0.717, 1.165) is 25.3 Å². The largest absolute Gasteiger partial charge is 0.492 e. The first kappa shape index (κ1) is 20.3. The molecule has 0 saturated carbocycles. The Kier molecular flexibility index (Phi) is 6.28. The van der Waals surface area contributed by atoms with E-state index in [1.54, 1.807) is 4.90 Å². The van der Waals surface area contributed by atoms with E-state index in [1.807, 2.05) is 60.6 Å². The van der Waals surface area contributed by atoms with Crippen LogP contribution < -0.4 is 9.64 Å². The second-order valence-corrected chi connectivity index (χ2v) is 7.76. The molecule has 1 aromatic carbocycles. The molecule has 7 nitrogen and oxygen atoms in total. The zero-order valence-electron chi connectivity index (χ0n) is 17.4. The number of nitrogens with zero attached hydrogens (tertiary/aromatic N) is 4. The van der Waals surface area contributed by atoms with E-state index < -0.39 is 0 Å². The first-order valence-corrected chi connectivity index (χ1v) is 10.6. The van der Waals surface area contributed by atoms with Crippen molar-refractivity contribution in [3.63, 3.8) is 0 Å². The summed E-state index contributed by atoms with van der Waals surface area (Å²) in [6, 6.07) is 11.6. The zero-order chi connectivity index (χ0) is 20.9. The second kappa shape index (κ2) is 9.26. The monoisotopic (exact) mass is 408 g/mol. The smallest absolute Gasteiger partial charge is 0.228 e. The number of hydrogen-bond donors (Lipinski definition) is 0. The van der Waals surface area contributed by atoms with Crippen molar-refractivity contribution < 1.29 is 14.3 Å². The summed E-state index contributed by atoms with van der Waals surface area (Å²) in [5.41, 5.74) is 1.98. The number of benzene rings is 1. The number of hydrogen-bond acceptors (Lipinski definition) is 5. The topological polar surface area (TPSA) is 66.0 Å². The molecule has 1 atom stereocenters. The van der Waals surface area contributed by atoms with Crippen molar-refractivity contribution in [3.8, 4) is 5.75 Å². The van der Waals surface area contributed by atoms with Gasteiger partial charge in [-0.3, -0.25) is 19.5 Å². The quantitative estimate of drug-likeness (QED) is 0.733. The minimum Gasteiger partial charge on any atom is -0.492 e. The van der Waals surface area contributed by atoms with Gasteiger partial charge in [-0.2, -0.15) is 0 Å². The summed E-state index contributed by atoms with van der Waals surface area (Å²) in [7, 11) is 0. The van der Waals surface area contributed by atoms with Crippen molar-refractivity contribution >= 4 is 17.5 Å². The number of carbonyl (C=O) groups is 2. The van der Waals surface area contributed by atoms with Crippen LogP contribution in [0, 0.1) is 5.92 Å². The number of amides is 2. The van der Waals surface area contributed by atoms with Gasteiger partial charge in [0.2, 0.25) is 11.8 Å². The maximum atomic E-state index is 13.1. The van der Waals surface area contributed by atoms with Gasteiger partial charge >= 0.3 is 0 Å². The molecule has 158 valence electrons. The predicted octanol–water partition coefficient (Wildman–Crippen LogP) is 2.18.